The summed E-state index contributed by atoms with van der Waals surface area (Å²) in [5, 5.41) is 8.27. The third-order valence-corrected chi connectivity index (χ3v) is 1.49. The average molecular weight is 233 g/mol. The largest absolute Gasteiger partial charge is 0.481 e. The zero-order chi connectivity index (χ0) is 7.82. The Balaban J connectivity index is -0.000000405. The minimum Gasteiger partial charge on any atom is -0.481 e. The molecule has 0 amide bonds. The van der Waals surface area contributed by atoms with E-state index in [9.17, 15) is 4.79 Å². The van der Waals surface area contributed by atoms with E-state index in [4.69, 9.17) is 5.11 Å². The van der Waals surface area contributed by atoms with Gasteiger partial charge in [-0.05, 0) is 6.42 Å². The second-order valence-corrected chi connectivity index (χ2v) is 2.56. The normalized spacial score (nSPS) is 8.08. The Bertz CT molecular complexity index is 99.1. The Morgan fingerprint density at radius 1 is 1.17 bits per heavy atom. The number of hydrogen-bond donors (Lipinski definition) is 1. The van der Waals surface area contributed by atoms with Crippen LogP contribution in [0.2, 0.25) is 0 Å². The maximum absolute atomic E-state index is 10.0. The van der Waals surface area contributed by atoms with Gasteiger partial charge in [-0.3, -0.25) is 4.79 Å². The van der Waals surface area contributed by atoms with Crippen molar-refractivity contribution in [1.82, 2.24) is 0 Å². The predicted octanol–water partition coefficient (Wildman–Crippen LogP) is 2.85. The maximum atomic E-state index is 10.0. The molecule has 0 radical (unpaired) electrons. The molecule has 0 aliphatic rings. The number of halogens is 1. The molecule has 2 nitrogen and oxygen atoms in total. The van der Waals surface area contributed by atoms with Gasteiger partial charge in [-0.1, -0.05) is 32.6 Å². The fraction of sp³-hybridized carbons (Fsp3) is 0.875. The van der Waals surface area contributed by atoms with Gasteiger partial charge in [-0.15, -0.1) is 12.4 Å². The van der Waals surface area contributed by atoms with Gasteiger partial charge in [0.05, 0.1) is 0 Å². The van der Waals surface area contributed by atoms with Gasteiger partial charge in [0.1, 0.15) is 0 Å². The van der Waals surface area contributed by atoms with Gasteiger partial charge in [0.25, 0.3) is 0 Å². The van der Waals surface area contributed by atoms with Crippen molar-refractivity contribution >= 4 is 18.4 Å². The van der Waals surface area contributed by atoms with Gasteiger partial charge in [-0.2, -0.15) is 0 Å². The van der Waals surface area contributed by atoms with E-state index in [1.165, 1.54) is 19.3 Å². The first-order valence-corrected chi connectivity index (χ1v) is 3.99. The van der Waals surface area contributed by atoms with Crippen LogP contribution in [0.1, 0.15) is 45.4 Å². The van der Waals surface area contributed by atoms with E-state index in [1.54, 1.807) is 0 Å². The fourth-order valence-electron chi connectivity index (χ4n) is 0.880. The molecule has 0 aromatic rings. The third-order valence-electron chi connectivity index (χ3n) is 1.49. The van der Waals surface area contributed by atoms with Crippen LogP contribution in [0, 0.1) is 0 Å². The average Bonchev–Trinajstić information content (AvgIpc) is 1.87. The summed E-state index contributed by atoms with van der Waals surface area (Å²) in [6.07, 6.45) is 5.88. The van der Waals surface area contributed by atoms with Gasteiger partial charge >= 0.3 is 5.97 Å². The van der Waals surface area contributed by atoms with Crippen LogP contribution in [0.3, 0.4) is 0 Å². The minimum absolute atomic E-state index is 0. The van der Waals surface area contributed by atoms with Crippen molar-refractivity contribution in [3.63, 3.8) is 0 Å². The number of carboxylic acids is 1. The molecule has 0 atom stereocenters. The van der Waals surface area contributed by atoms with Crippen molar-refractivity contribution in [1.29, 1.82) is 0 Å². The van der Waals surface area contributed by atoms with E-state index in [1.807, 2.05) is 0 Å². The van der Waals surface area contributed by atoms with E-state index >= 15 is 0 Å². The summed E-state index contributed by atoms with van der Waals surface area (Å²) in [4.78, 5) is 10.0. The molecular weight excluding hydrogens is 216 g/mol. The molecule has 0 fully saturated rings. The first-order chi connectivity index (χ1) is 4.77. The monoisotopic (exact) mass is 232 g/mol. The molecule has 4 heteroatoms. The number of carbonyl (C=O) groups is 1. The summed E-state index contributed by atoms with van der Waals surface area (Å²) < 4.78 is 0. The molecule has 0 bridgehead atoms. The van der Waals surface area contributed by atoms with Crippen molar-refractivity contribution in [3.8, 4) is 0 Å². The topological polar surface area (TPSA) is 37.3 Å². The van der Waals surface area contributed by atoms with Crippen molar-refractivity contribution in [2.24, 2.45) is 0 Å². The molecule has 0 saturated heterocycles. The van der Waals surface area contributed by atoms with E-state index in [2.05, 4.69) is 6.92 Å². The second kappa shape index (κ2) is 13.9. The molecule has 74 valence electrons. The summed E-state index contributed by atoms with van der Waals surface area (Å²) in [6, 6.07) is 0. The van der Waals surface area contributed by atoms with E-state index < -0.39 is 5.97 Å². The molecule has 12 heavy (non-hydrogen) atoms. The van der Waals surface area contributed by atoms with Crippen molar-refractivity contribution in [2.45, 2.75) is 45.4 Å². The number of rotatable bonds is 6. The smallest absolute Gasteiger partial charge is 0.303 e. The molecule has 0 heterocycles. The van der Waals surface area contributed by atoms with Crippen molar-refractivity contribution in [3.05, 3.63) is 0 Å². The quantitative estimate of drug-likeness (QED) is 0.715. The second-order valence-electron chi connectivity index (χ2n) is 2.56. The van der Waals surface area contributed by atoms with Crippen molar-refractivity contribution < 1.29 is 27.3 Å². The molecule has 1 N–H and O–H groups in total. The molecular formula is C8H17ClCrO2. The van der Waals surface area contributed by atoms with Crippen LogP contribution in [0.25, 0.3) is 0 Å². The minimum atomic E-state index is -0.670. The van der Waals surface area contributed by atoms with Crippen LogP contribution < -0.4 is 0 Å². The van der Waals surface area contributed by atoms with Crippen LogP contribution in [0.5, 0.6) is 0 Å². The molecule has 0 aromatic heterocycles. The van der Waals surface area contributed by atoms with Crippen molar-refractivity contribution in [2.75, 3.05) is 0 Å². The molecule has 0 unspecified atom stereocenters. The van der Waals surface area contributed by atoms with E-state index in [-0.39, 0.29) is 29.8 Å². The molecule has 0 aliphatic carbocycles. The van der Waals surface area contributed by atoms with Crippen LogP contribution in [0.4, 0.5) is 0 Å². The van der Waals surface area contributed by atoms with Gasteiger partial charge in [-0.25, -0.2) is 0 Å². The zero-order valence-electron chi connectivity index (χ0n) is 7.41. The Kier molecular flexibility index (Phi) is 21.0. The summed E-state index contributed by atoms with van der Waals surface area (Å²) >= 11 is 0. The molecule has 0 aliphatic heterocycles. The Hall–Kier alpha value is 0.292. The fourth-order valence-corrected chi connectivity index (χ4v) is 0.880. The summed E-state index contributed by atoms with van der Waals surface area (Å²) in [5.41, 5.74) is 0. The number of unbranched alkanes of at least 4 members (excludes halogenated alkanes) is 4. The SMILES string of the molecule is CCCCCCCC(=O)O.Cl.[Cr]. The van der Waals surface area contributed by atoms with Crippen LogP contribution in [-0.2, 0) is 22.2 Å². The molecule has 0 spiro atoms. The zero-order valence-corrected chi connectivity index (χ0v) is 9.51. The Labute approximate surface area is 91.3 Å². The third kappa shape index (κ3) is 16.7. The van der Waals surface area contributed by atoms with Crippen LogP contribution in [0.15, 0.2) is 0 Å². The summed E-state index contributed by atoms with van der Waals surface area (Å²) in [6.45, 7) is 2.15. The van der Waals surface area contributed by atoms with E-state index in [0.717, 1.165) is 12.8 Å². The van der Waals surface area contributed by atoms with Crippen LogP contribution in [-0.4, -0.2) is 11.1 Å². The first kappa shape index (κ1) is 18.2. The summed E-state index contributed by atoms with van der Waals surface area (Å²) in [7, 11) is 0. The van der Waals surface area contributed by atoms with Gasteiger partial charge in [0, 0.05) is 23.8 Å². The standard InChI is InChI=1S/C8H16O2.ClH.Cr/c1-2-3-4-5-6-7-8(9)10;;/h2-7H2,1H3,(H,9,10);1H;. The number of aliphatic carboxylic acids is 1. The van der Waals surface area contributed by atoms with Gasteiger partial charge < -0.3 is 5.11 Å². The molecule has 0 aromatic carbocycles. The molecule has 0 rings (SSSR count). The van der Waals surface area contributed by atoms with Crippen LogP contribution >= 0.6 is 12.4 Å². The Morgan fingerprint density at radius 3 is 2.08 bits per heavy atom. The first-order valence-electron chi connectivity index (χ1n) is 3.99. The Morgan fingerprint density at radius 2 is 1.67 bits per heavy atom. The number of hydrogen-bond acceptors (Lipinski definition) is 1. The van der Waals surface area contributed by atoms with E-state index in [0.29, 0.717) is 6.42 Å². The summed E-state index contributed by atoms with van der Waals surface area (Å²) in [5.74, 6) is -0.670. The van der Waals surface area contributed by atoms with Gasteiger partial charge in [0.2, 0.25) is 0 Å². The van der Waals surface area contributed by atoms with Gasteiger partial charge in [0.15, 0.2) is 0 Å². The predicted molar refractivity (Wildman–Crippen MR) is 48.3 cm³/mol. The number of carboxylic acid groups (broad SMARTS) is 1. The molecule has 0 saturated carbocycles. The maximum Gasteiger partial charge on any atom is 0.303 e.